The zero-order valence-corrected chi connectivity index (χ0v) is 15.4. The topological polar surface area (TPSA) is 112 Å². The van der Waals surface area contributed by atoms with Gasteiger partial charge in [-0.15, -0.1) is 4.83 Å². The van der Waals surface area contributed by atoms with Gasteiger partial charge in [-0.05, 0) is 24.3 Å². The van der Waals surface area contributed by atoms with E-state index in [1.54, 1.807) is 24.3 Å². The smallest absolute Gasteiger partial charge is 0.279 e. The van der Waals surface area contributed by atoms with Gasteiger partial charge in [-0.3, -0.25) is 10.2 Å². The van der Waals surface area contributed by atoms with Crippen molar-refractivity contribution in [1.82, 2.24) is 10.3 Å². The minimum absolute atomic E-state index is 0.0407. The summed E-state index contributed by atoms with van der Waals surface area (Å²) in [5, 5.41) is 0. The van der Waals surface area contributed by atoms with E-state index in [2.05, 4.69) is 5.43 Å². The van der Waals surface area contributed by atoms with Crippen LogP contribution in [0.1, 0.15) is 0 Å². The zero-order valence-electron chi connectivity index (χ0n) is 14.6. The Labute approximate surface area is 156 Å². The van der Waals surface area contributed by atoms with Crippen LogP contribution in [-0.2, 0) is 14.8 Å². The molecule has 0 unspecified atom stereocenters. The summed E-state index contributed by atoms with van der Waals surface area (Å²) in [4.78, 5) is 14.1. The molecule has 2 N–H and O–H groups in total. The van der Waals surface area contributed by atoms with Gasteiger partial charge in [0.05, 0.1) is 19.1 Å². The number of nitrogens with one attached hydrogen (secondary N) is 2. The molecule has 10 heteroatoms. The predicted octanol–water partition coefficient (Wildman–Crippen LogP) is 0.853. The van der Waals surface area contributed by atoms with Gasteiger partial charge in [0.15, 0.2) is 23.0 Å². The zero-order chi connectivity index (χ0) is 19.4. The highest BCUT2D eigenvalue weighted by molar-refractivity contribution is 7.89. The normalized spacial score (nSPS) is 15.7. The minimum atomic E-state index is -4.03. The van der Waals surface area contributed by atoms with Crippen LogP contribution < -0.4 is 29.2 Å². The first-order chi connectivity index (χ1) is 12.9. The van der Waals surface area contributed by atoms with Crippen molar-refractivity contribution in [2.24, 2.45) is 0 Å². The van der Waals surface area contributed by atoms with Crippen molar-refractivity contribution in [3.8, 4) is 23.0 Å². The molecule has 0 saturated heterocycles. The first kappa shape index (κ1) is 18.8. The van der Waals surface area contributed by atoms with Gasteiger partial charge in [0.1, 0.15) is 6.61 Å². The molecule has 1 atom stereocenters. The van der Waals surface area contributed by atoms with Crippen molar-refractivity contribution >= 4 is 15.9 Å². The number of sulfonamides is 1. The minimum Gasteiger partial charge on any atom is -0.493 e. The lowest BCUT2D eigenvalue weighted by molar-refractivity contribution is -0.130. The standard InChI is InChI=1S/C17H18N2O7S/c1-23-12-8-7-11(9-15(12)24-2)27(21,22)19-18-17(20)16-10-25-13-5-3-4-6-14(13)26-16/h3-9,16,19H,10H2,1-2H3,(H,18,20)/t16-/m1/s1. The summed E-state index contributed by atoms with van der Waals surface area (Å²) in [5.74, 6) is 0.867. The highest BCUT2D eigenvalue weighted by atomic mass is 32.2. The summed E-state index contributed by atoms with van der Waals surface area (Å²) >= 11 is 0. The van der Waals surface area contributed by atoms with Crippen molar-refractivity contribution in [2.45, 2.75) is 11.0 Å². The van der Waals surface area contributed by atoms with Crippen LogP contribution in [-0.4, -0.2) is 41.3 Å². The fraction of sp³-hybridized carbons (Fsp3) is 0.235. The molecule has 144 valence electrons. The molecule has 0 spiro atoms. The number of ether oxygens (including phenoxy) is 4. The number of hydrazine groups is 1. The van der Waals surface area contributed by atoms with Crippen LogP contribution >= 0.6 is 0 Å². The largest absolute Gasteiger partial charge is 0.493 e. The summed E-state index contributed by atoms with van der Waals surface area (Å²) in [7, 11) is -1.20. The third-order valence-corrected chi connectivity index (χ3v) is 5.02. The van der Waals surface area contributed by atoms with E-state index in [1.165, 1.54) is 32.4 Å². The third kappa shape index (κ3) is 4.07. The second-order valence-corrected chi connectivity index (χ2v) is 7.16. The van der Waals surface area contributed by atoms with Gasteiger partial charge in [-0.25, -0.2) is 8.42 Å². The number of rotatable bonds is 6. The number of hydrogen-bond acceptors (Lipinski definition) is 7. The molecule has 0 aliphatic carbocycles. The molecule has 1 aliphatic rings. The molecule has 2 aromatic rings. The molecule has 2 aromatic carbocycles. The van der Waals surface area contributed by atoms with E-state index in [4.69, 9.17) is 18.9 Å². The van der Waals surface area contributed by atoms with Crippen molar-refractivity contribution < 1.29 is 32.2 Å². The Balaban J connectivity index is 1.66. The van der Waals surface area contributed by atoms with E-state index in [-0.39, 0.29) is 17.3 Å². The molecule has 0 bridgehead atoms. The van der Waals surface area contributed by atoms with Gasteiger partial charge in [-0.2, -0.15) is 0 Å². The SMILES string of the molecule is COc1ccc(S(=O)(=O)NNC(=O)[C@H]2COc3ccccc3O2)cc1OC. The van der Waals surface area contributed by atoms with Gasteiger partial charge < -0.3 is 18.9 Å². The Morgan fingerprint density at radius 1 is 1.07 bits per heavy atom. The Morgan fingerprint density at radius 3 is 2.48 bits per heavy atom. The first-order valence-electron chi connectivity index (χ1n) is 7.87. The lowest BCUT2D eigenvalue weighted by Gasteiger charge is -2.25. The summed E-state index contributed by atoms with van der Waals surface area (Å²) in [6.45, 7) is -0.0407. The Morgan fingerprint density at radius 2 is 1.78 bits per heavy atom. The Hall–Kier alpha value is -2.98. The molecular weight excluding hydrogens is 376 g/mol. The fourth-order valence-corrected chi connectivity index (χ4v) is 3.25. The molecule has 3 rings (SSSR count). The molecule has 1 aliphatic heterocycles. The molecule has 0 radical (unpaired) electrons. The van der Waals surface area contributed by atoms with Crippen LogP contribution in [0, 0.1) is 0 Å². The maximum absolute atomic E-state index is 12.4. The summed E-state index contributed by atoms with van der Waals surface area (Å²) in [6, 6.07) is 10.9. The summed E-state index contributed by atoms with van der Waals surface area (Å²) in [6.07, 6.45) is -0.993. The second kappa shape index (κ2) is 7.72. The van der Waals surface area contributed by atoms with Crippen molar-refractivity contribution in [1.29, 1.82) is 0 Å². The number of carbonyl (C=O) groups is 1. The second-order valence-electron chi connectivity index (χ2n) is 5.48. The van der Waals surface area contributed by atoms with Gasteiger partial charge >= 0.3 is 0 Å². The highest BCUT2D eigenvalue weighted by Crippen LogP contribution is 2.31. The Bertz CT molecular complexity index is 946. The molecule has 27 heavy (non-hydrogen) atoms. The van der Waals surface area contributed by atoms with E-state index >= 15 is 0 Å². The van der Waals surface area contributed by atoms with E-state index in [0.717, 1.165) is 0 Å². The van der Waals surface area contributed by atoms with E-state index < -0.39 is 22.0 Å². The van der Waals surface area contributed by atoms with Crippen LogP contribution in [0.25, 0.3) is 0 Å². The van der Waals surface area contributed by atoms with Crippen LogP contribution in [0.5, 0.6) is 23.0 Å². The lowest BCUT2D eigenvalue weighted by atomic mass is 10.2. The van der Waals surface area contributed by atoms with E-state index in [9.17, 15) is 13.2 Å². The van der Waals surface area contributed by atoms with Crippen LogP contribution in [0.2, 0.25) is 0 Å². The third-order valence-electron chi connectivity index (χ3n) is 3.77. The van der Waals surface area contributed by atoms with Crippen LogP contribution in [0.3, 0.4) is 0 Å². The van der Waals surface area contributed by atoms with Gasteiger partial charge in [-0.1, -0.05) is 12.1 Å². The lowest BCUT2D eigenvalue weighted by Crippen LogP contribution is -2.50. The van der Waals surface area contributed by atoms with Gasteiger partial charge in [0, 0.05) is 6.07 Å². The average molecular weight is 394 g/mol. The predicted molar refractivity (Wildman–Crippen MR) is 94.4 cm³/mol. The van der Waals surface area contributed by atoms with Crippen molar-refractivity contribution in [3.63, 3.8) is 0 Å². The molecule has 0 saturated carbocycles. The van der Waals surface area contributed by atoms with Gasteiger partial charge in [0.25, 0.3) is 15.9 Å². The maximum atomic E-state index is 12.4. The number of para-hydroxylation sites is 2. The van der Waals surface area contributed by atoms with Crippen molar-refractivity contribution in [2.75, 3.05) is 20.8 Å². The molecule has 1 amide bonds. The Kier molecular flexibility index (Phi) is 5.38. The van der Waals surface area contributed by atoms with Crippen molar-refractivity contribution in [3.05, 3.63) is 42.5 Å². The van der Waals surface area contributed by atoms with Crippen LogP contribution in [0.15, 0.2) is 47.4 Å². The number of amides is 1. The molecular formula is C17H18N2O7S. The van der Waals surface area contributed by atoms with Gasteiger partial charge in [0.2, 0.25) is 6.10 Å². The molecule has 0 aromatic heterocycles. The highest BCUT2D eigenvalue weighted by Gasteiger charge is 2.28. The monoisotopic (exact) mass is 394 g/mol. The van der Waals surface area contributed by atoms with Crippen LogP contribution in [0.4, 0.5) is 0 Å². The van der Waals surface area contributed by atoms with E-state index in [1.807, 2.05) is 4.83 Å². The molecule has 9 nitrogen and oxygen atoms in total. The summed E-state index contributed by atoms with van der Waals surface area (Å²) in [5.41, 5.74) is 2.13. The number of methoxy groups -OCH3 is 2. The number of fused-ring (bicyclic) bond motifs is 1. The average Bonchev–Trinajstić information content (AvgIpc) is 2.71. The van der Waals surface area contributed by atoms with E-state index in [0.29, 0.717) is 17.2 Å². The number of carbonyl (C=O) groups excluding carboxylic acids is 1. The molecule has 1 heterocycles. The molecule has 0 fully saturated rings. The first-order valence-corrected chi connectivity index (χ1v) is 9.35. The maximum Gasteiger partial charge on any atom is 0.279 e. The number of benzene rings is 2. The summed E-state index contributed by atoms with van der Waals surface area (Å²) < 4.78 is 45.9. The number of hydrogen-bond donors (Lipinski definition) is 2. The fourth-order valence-electron chi connectivity index (χ4n) is 2.39. The quantitative estimate of drug-likeness (QED) is 0.699.